The monoisotopic (exact) mass is 300 g/mol. The molecule has 0 aliphatic rings. The zero-order valence-electron chi connectivity index (χ0n) is 11.2. The fraction of sp³-hybridized carbons (Fsp3) is 0.0714. The second-order valence-electron chi connectivity index (χ2n) is 4.31. The molecule has 0 unspecified atom stereocenters. The third-order valence-corrected chi connectivity index (χ3v) is 3.74. The Hall–Kier alpha value is -2.67. The highest BCUT2D eigenvalue weighted by molar-refractivity contribution is 7.16. The average Bonchev–Trinajstić information content (AvgIpc) is 2.96. The highest BCUT2D eigenvalue weighted by Crippen LogP contribution is 2.25. The highest BCUT2D eigenvalue weighted by Gasteiger charge is 2.11. The Morgan fingerprint density at radius 3 is 3.00 bits per heavy atom. The summed E-state index contributed by atoms with van der Waals surface area (Å²) in [5, 5.41) is 3.14. The van der Waals surface area contributed by atoms with E-state index in [2.05, 4.69) is 20.0 Å². The Balaban J connectivity index is 1.91. The summed E-state index contributed by atoms with van der Waals surface area (Å²) in [6.07, 6.45) is 1.43. The van der Waals surface area contributed by atoms with Crippen LogP contribution >= 0.6 is 11.3 Å². The second kappa shape index (κ2) is 5.37. The van der Waals surface area contributed by atoms with Crippen LogP contribution in [0.2, 0.25) is 0 Å². The number of nitrogens with two attached hydrogens (primary N) is 1. The maximum Gasteiger partial charge on any atom is 0.340 e. The van der Waals surface area contributed by atoms with E-state index in [-0.39, 0.29) is 11.3 Å². The summed E-state index contributed by atoms with van der Waals surface area (Å²) in [6, 6.07) is 7.37. The van der Waals surface area contributed by atoms with Gasteiger partial charge in [-0.1, -0.05) is 0 Å². The van der Waals surface area contributed by atoms with Crippen molar-refractivity contribution in [3.8, 4) is 0 Å². The molecule has 6 nitrogen and oxygen atoms in total. The van der Waals surface area contributed by atoms with Gasteiger partial charge in [-0.25, -0.2) is 14.8 Å². The number of hydrogen-bond donors (Lipinski definition) is 2. The number of carbonyl (C=O) groups excluding carboxylic acids is 1. The SMILES string of the molecule is COC(=O)c1cc(Nc2ccc3ncsc3c2)ncc1N. The van der Waals surface area contributed by atoms with Crippen molar-refractivity contribution >= 4 is 44.7 Å². The number of nitrogen functional groups attached to an aromatic ring is 1. The van der Waals surface area contributed by atoms with Crippen LogP contribution in [0.4, 0.5) is 17.2 Å². The first kappa shape index (κ1) is 13.3. The fourth-order valence-electron chi connectivity index (χ4n) is 1.90. The third-order valence-electron chi connectivity index (χ3n) is 2.94. The lowest BCUT2D eigenvalue weighted by atomic mass is 10.2. The number of aromatic nitrogens is 2. The van der Waals surface area contributed by atoms with E-state index in [0.717, 1.165) is 15.9 Å². The Bertz CT molecular complexity index is 816. The van der Waals surface area contributed by atoms with Crippen LogP contribution < -0.4 is 11.1 Å². The molecule has 2 aromatic heterocycles. The van der Waals surface area contributed by atoms with Crippen molar-refractivity contribution in [3.05, 3.63) is 41.5 Å². The molecular weight excluding hydrogens is 288 g/mol. The Morgan fingerprint density at radius 1 is 1.33 bits per heavy atom. The van der Waals surface area contributed by atoms with Gasteiger partial charge in [-0.2, -0.15) is 0 Å². The summed E-state index contributed by atoms with van der Waals surface area (Å²) >= 11 is 1.56. The quantitative estimate of drug-likeness (QED) is 0.723. The summed E-state index contributed by atoms with van der Waals surface area (Å²) in [4.78, 5) is 20.0. The van der Waals surface area contributed by atoms with Gasteiger partial charge in [0.1, 0.15) is 5.82 Å². The highest BCUT2D eigenvalue weighted by atomic mass is 32.1. The van der Waals surface area contributed by atoms with Gasteiger partial charge in [0.25, 0.3) is 0 Å². The minimum Gasteiger partial charge on any atom is -0.465 e. The number of fused-ring (bicyclic) bond motifs is 1. The average molecular weight is 300 g/mol. The number of hydrogen-bond acceptors (Lipinski definition) is 7. The molecular formula is C14H12N4O2S. The van der Waals surface area contributed by atoms with Crippen LogP contribution in [-0.4, -0.2) is 23.0 Å². The molecule has 0 fully saturated rings. The van der Waals surface area contributed by atoms with Crippen LogP contribution in [0.15, 0.2) is 36.0 Å². The number of anilines is 3. The Labute approximate surface area is 124 Å². The van der Waals surface area contributed by atoms with Crippen LogP contribution in [0, 0.1) is 0 Å². The molecule has 0 amide bonds. The van der Waals surface area contributed by atoms with Crippen molar-refractivity contribution in [2.75, 3.05) is 18.2 Å². The molecule has 0 atom stereocenters. The molecule has 7 heteroatoms. The first-order valence-electron chi connectivity index (χ1n) is 6.11. The number of benzene rings is 1. The normalized spacial score (nSPS) is 10.5. The van der Waals surface area contributed by atoms with Crippen LogP contribution in [0.3, 0.4) is 0 Å². The lowest BCUT2D eigenvalue weighted by Gasteiger charge is -2.08. The maximum absolute atomic E-state index is 11.6. The van der Waals surface area contributed by atoms with Gasteiger partial charge in [0, 0.05) is 5.69 Å². The van der Waals surface area contributed by atoms with Crippen molar-refractivity contribution in [1.82, 2.24) is 9.97 Å². The van der Waals surface area contributed by atoms with Gasteiger partial charge in [0.15, 0.2) is 0 Å². The van der Waals surface area contributed by atoms with Gasteiger partial charge in [-0.05, 0) is 24.3 Å². The molecule has 0 aliphatic heterocycles. The van der Waals surface area contributed by atoms with Crippen molar-refractivity contribution in [3.63, 3.8) is 0 Å². The lowest BCUT2D eigenvalue weighted by molar-refractivity contribution is 0.0602. The van der Waals surface area contributed by atoms with E-state index in [1.807, 2.05) is 18.2 Å². The van der Waals surface area contributed by atoms with Crippen molar-refractivity contribution in [2.24, 2.45) is 0 Å². The third kappa shape index (κ3) is 2.63. The summed E-state index contributed by atoms with van der Waals surface area (Å²) < 4.78 is 5.76. The Kier molecular flexibility index (Phi) is 3.41. The molecule has 3 aromatic rings. The molecule has 0 radical (unpaired) electrons. The number of carbonyl (C=O) groups is 1. The summed E-state index contributed by atoms with van der Waals surface area (Å²) in [5.74, 6) is 0.0318. The number of methoxy groups -OCH3 is 1. The topological polar surface area (TPSA) is 90.1 Å². The van der Waals surface area contributed by atoms with Gasteiger partial charge >= 0.3 is 5.97 Å². The number of thiazole rings is 1. The first-order chi connectivity index (χ1) is 10.2. The second-order valence-corrected chi connectivity index (χ2v) is 5.19. The molecule has 3 N–H and O–H groups in total. The van der Waals surface area contributed by atoms with Crippen LogP contribution in [0.1, 0.15) is 10.4 Å². The van der Waals surface area contributed by atoms with E-state index in [0.29, 0.717) is 5.82 Å². The van der Waals surface area contributed by atoms with E-state index >= 15 is 0 Å². The smallest absolute Gasteiger partial charge is 0.340 e. The van der Waals surface area contributed by atoms with Gasteiger partial charge in [0.05, 0.1) is 40.3 Å². The molecule has 0 saturated carbocycles. The predicted molar refractivity (Wildman–Crippen MR) is 82.9 cm³/mol. The molecule has 0 spiro atoms. The summed E-state index contributed by atoms with van der Waals surface area (Å²) in [7, 11) is 1.31. The van der Waals surface area contributed by atoms with Gasteiger partial charge in [-0.3, -0.25) is 0 Å². The number of ether oxygens (including phenoxy) is 1. The standard InChI is InChI=1S/C14H12N4O2S/c1-20-14(19)9-5-13(16-6-10(9)15)18-8-2-3-11-12(4-8)21-7-17-11/h2-7H,15H2,1H3,(H,16,18). The first-order valence-corrected chi connectivity index (χ1v) is 6.99. The number of pyridine rings is 1. The van der Waals surface area contributed by atoms with Gasteiger partial charge in [-0.15, -0.1) is 11.3 Å². The molecule has 0 saturated heterocycles. The minimum absolute atomic E-state index is 0.283. The summed E-state index contributed by atoms with van der Waals surface area (Å²) in [6.45, 7) is 0. The molecule has 1 aromatic carbocycles. The fourth-order valence-corrected chi connectivity index (χ4v) is 2.62. The molecule has 0 bridgehead atoms. The van der Waals surface area contributed by atoms with E-state index in [4.69, 9.17) is 5.73 Å². The Morgan fingerprint density at radius 2 is 2.19 bits per heavy atom. The van der Waals surface area contributed by atoms with E-state index in [9.17, 15) is 4.79 Å². The van der Waals surface area contributed by atoms with Crippen molar-refractivity contribution < 1.29 is 9.53 Å². The van der Waals surface area contributed by atoms with E-state index < -0.39 is 5.97 Å². The van der Waals surface area contributed by atoms with Crippen LogP contribution in [0.25, 0.3) is 10.2 Å². The zero-order valence-corrected chi connectivity index (χ0v) is 12.0. The molecule has 106 valence electrons. The van der Waals surface area contributed by atoms with Gasteiger partial charge in [0.2, 0.25) is 0 Å². The number of nitrogens with one attached hydrogen (secondary N) is 1. The lowest BCUT2D eigenvalue weighted by Crippen LogP contribution is -2.07. The van der Waals surface area contributed by atoms with Crippen molar-refractivity contribution in [1.29, 1.82) is 0 Å². The van der Waals surface area contributed by atoms with Crippen LogP contribution in [0.5, 0.6) is 0 Å². The maximum atomic E-state index is 11.6. The number of nitrogens with zero attached hydrogens (tertiary/aromatic N) is 2. The molecule has 21 heavy (non-hydrogen) atoms. The van der Waals surface area contributed by atoms with Crippen molar-refractivity contribution in [2.45, 2.75) is 0 Å². The molecule has 3 rings (SSSR count). The number of rotatable bonds is 3. The molecule has 2 heterocycles. The largest absolute Gasteiger partial charge is 0.465 e. The minimum atomic E-state index is -0.490. The summed E-state index contributed by atoms with van der Waals surface area (Å²) in [5.41, 5.74) is 9.90. The van der Waals surface area contributed by atoms with E-state index in [1.54, 1.807) is 22.9 Å². The van der Waals surface area contributed by atoms with E-state index in [1.165, 1.54) is 13.3 Å². The van der Waals surface area contributed by atoms with Crippen LogP contribution in [-0.2, 0) is 4.74 Å². The number of esters is 1. The predicted octanol–water partition coefficient (Wildman–Crippen LogP) is 2.80. The van der Waals surface area contributed by atoms with Gasteiger partial charge < -0.3 is 15.8 Å². The zero-order chi connectivity index (χ0) is 14.8. The molecule has 0 aliphatic carbocycles.